The van der Waals surface area contributed by atoms with Crippen LogP contribution in [-0.4, -0.2) is 0 Å². The van der Waals surface area contributed by atoms with E-state index in [4.69, 9.17) is 39.2 Å². The molecular weight excluding hydrogens is 230 g/mol. The maximum absolute atomic E-state index is 5.96. The molecular formula is C9H5Cl3O. The number of hydrogen-bond acceptors (Lipinski definition) is 1. The number of halogens is 3. The number of hydrogen-bond donors (Lipinski definition) is 0. The molecule has 68 valence electrons. The van der Waals surface area contributed by atoms with Crippen molar-refractivity contribution in [3.8, 4) is 0 Å². The highest BCUT2D eigenvalue weighted by atomic mass is 35.5. The van der Waals surface area contributed by atoms with E-state index in [0.29, 0.717) is 27.3 Å². The van der Waals surface area contributed by atoms with Crippen molar-refractivity contribution in [2.24, 2.45) is 0 Å². The largest absolute Gasteiger partial charge is 0.460 e. The van der Waals surface area contributed by atoms with Gasteiger partial charge in [-0.1, -0.05) is 23.2 Å². The van der Waals surface area contributed by atoms with Gasteiger partial charge in [0.1, 0.15) is 11.3 Å². The van der Waals surface area contributed by atoms with Gasteiger partial charge in [0.25, 0.3) is 0 Å². The summed E-state index contributed by atoms with van der Waals surface area (Å²) < 4.78 is 5.38. The van der Waals surface area contributed by atoms with Gasteiger partial charge < -0.3 is 4.42 Å². The van der Waals surface area contributed by atoms with Gasteiger partial charge in [-0.15, -0.1) is 11.6 Å². The third-order valence-electron chi connectivity index (χ3n) is 1.77. The molecule has 0 aliphatic rings. The summed E-state index contributed by atoms with van der Waals surface area (Å²) in [5.41, 5.74) is 0.713. The van der Waals surface area contributed by atoms with Gasteiger partial charge in [0.15, 0.2) is 0 Å². The van der Waals surface area contributed by atoms with Crippen molar-refractivity contribution in [2.45, 2.75) is 5.88 Å². The molecule has 0 aliphatic heterocycles. The fraction of sp³-hybridized carbons (Fsp3) is 0.111. The quantitative estimate of drug-likeness (QED) is 0.664. The predicted octanol–water partition coefficient (Wildman–Crippen LogP) is 4.48. The molecule has 2 rings (SSSR count). The number of rotatable bonds is 1. The Hall–Kier alpha value is -0.370. The van der Waals surface area contributed by atoms with Crippen molar-refractivity contribution in [3.63, 3.8) is 0 Å². The molecule has 1 nitrogen and oxygen atoms in total. The monoisotopic (exact) mass is 234 g/mol. The number of fused-ring (bicyclic) bond motifs is 1. The molecule has 0 amide bonds. The Morgan fingerprint density at radius 1 is 1.23 bits per heavy atom. The van der Waals surface area contributed by atoms with Crippen molar-refractivity contribution >= 4 is 45.8 Å². The summed E-state index contributed by atoms with van der Waals surface area (Å²) in [7, 11) is 0. The van der Waals surface area contributed by atoms with E-state index in [9.17, 15) is 0 Å². The molecule has 13 heavy (non-hydrogen) atoms. The molecule has 1 heterocycles. The van der Waals surface area contributed by atoms with E-state index >= 15 is 0 Å². The second-order valence-electron chi connectivity index (χ2n) is 2.62. The molecule has 1 aromatic carbocycles. The maximum Gasteiger partial charge on any atom is 0.135 e. The summed E-state index contributed by atoms with van der Waals surface area (Å²) in [6.45, 7) is 0. The van der Waals surface area contributed by atoms with Gasteiger partial charge in [0.2, 0.25) is 0 Å². The zero-order valence-corrected chi connectivity index (χ0v) is 8.75. The van der Waals surface area contributed by atoms with Crippen LogP contribution < -0.4 is 0 Å². The van der Waals surface area contributed by atoms with Crippen LogP contribution >= 0.6 is 34.8 Å². The second-order valence-corrected chi connectivity index (χ2v) is 3.67. The summed E-state index contributed by atoms with van der Waals surface area (Å²) in [6, 6.07) is 5.28. The molecule has 0 saturated heterocycles. The van der Waals surface area contributed by atoms with Crippen LogP contribution in [0.25, 0.3) is 11.0 Å². The van der Waals surface area contributed by atoms with Gasteiger partial charge in [-0.05, 0) is 18.2 Å². The molecule has 1 aromatic heterocycles. The first-order valence-electron chi connectivity index (χ1n) is 3.65. The lowest BCUT2D eigenvalue weighted by Crippen LogP contribution is -1.68. The highest BCUT2D eigenvalue weighted by Crippen LogP contribution is 2.32. The van der Waals surface area contributed by atoms with Gasteiger partial charge in [0, 0.05) is 5.39 Å². The van der Waals surface area contributed by atoms with Crippen LogP contribution in [0.15, 0.2) is 22.6 Å². The van der Waals surface area contributed by atoms with Crippen molar-refractivity contribution < 1.29 is 4.42 Å². The van der Waals surface area contributed by atoms with E-state index < -0.39 is 0 Å². The number of furan rings is 1. The fourth-order valence-electron chi connectivity index (χ4n) is 1.17. The molecule has 0 fully saturated rings. The third kappa shape index (κ3) is 1.52. The highest BCUT2D eigenvalue weighted by Gasteiger charge is 2.08. The van der Waals surface area contributed by atoms with Gasteiger partial charge in [-0.3, -0.25) is 0 Å². The SMILES string of the molecule is ClCc1cc2c(Cl)c(Cl)ccc2o1. The molecule has 0 N–H and O–H groups in total. The molecule has 4 heteroatoms. The number of benzene rings is 1. The Bertz CT molecular complexity index is 447. The van der Waals surface area contributed by atoms with Crippen LogP contribution in [0.5, 0.6) is 0 Å². The van der Waals surface area contributed by atoms with Crippen molar-refractivity contribution in [1.29, 1.82) is 0 Å². The van der Waals surface area contributed by atoms with E-state index in [1.807, 2.05) is 0 Å². The van der Waals surface area contributed by atoms with E-state index in [-0.39, 0.29) is 0 Å². The lowest BCUT2D eigenvalue weighted by atomic mass is 10.2. The average molecular weight is 235 g/mol. The molecule has 0 radical (unpaired) electrons. The Kier molecular flexibility index (Phi) is 2.41. The van der Waals surface area contributed by atoms with Crippen LogP contribution in [0, 0.1) is 0 Å². The van der Waals surface area contributed by atoms with Crippen LogP contribution in [0.2, 0.25) is 10.0 Å². The normalized spacial score (nSPS) is 11.0. The summed E-state index contributed by atoms with van der Waals surface area (Å²) in [5, 5.41) is 1.85. The van der Waals surface area contributed by atoms with E-state index in [1.54, 1.807) is 18.2 Å². The van der Waals surface area contributed by atoms with Gasteiger partial charge in [-0.25, -0.2) is 0 Å². The molecule has 0 aliphatic carbocycles. The third-order valence-corrected chi connectivity index (χ3v) is 2.85. The minimum absolute atomic E-state index is 0.336. The second kappa shape index (κ2) is 3.41. The first-order chi connectivity index (χ1) is 6.22. The van der Waals surface area contributed by atoms with Gasteiger partial charge in [0.05, 0.1) is 15.9 Å². The van der Waals surface area contributed by atoms with Gasteiger partial charge >= 0.3 is 0 Å². The summed E-state index contributed by atoms with van der Waals surface area (Å²) in [6.07, 6.45) is 0. The molecule has 0 bridgehead atoms. The molecule has 2 aromatic rings. The van der Waals surface area contributed by atoms with E-state index in [2.05, 4.69) is 0 Å². The lowest BCUT2D eigenvalue weighted by Gasteiger charge is -1.94. The Morgan fingerprint density at radius 2 is 2.00 bits per heavy atom. The molecule has 0 saturated carbocycles. The van der Waals surface area contributed by atoms with Crippen LogP contribution in [0.1, 0.15) is 5.76 Å². The van der Waals surface area contributed by atoms with E-state index in [1.165, 1.54) is 0 Å². The summed E-state index contributed by atoms with van der Waals surface area (Å²) in [4.78, 5) is 0. The minimum atomic E-state index is 0.336. The number of alkyl halides is 1. The zero-order valence-electron chi connectivity index (χ0n) is 6.48. The smallest absolute Gasteiger partial charge is 0.135 e. The van der Waals surface area contributed by atoms with Crippen molar-refractivity contribution in [3.05, 3.63) is 34.0 Å². The van der Waals surface area contributed by atoms with Crippen molar-refractivity contribution in [2.75, 3.05) is 0 Å². The Morgan fingerprint density at radius 3 is 2.69 bits per heavy atom. The van der Waals surface area contributed by atoms with Crippen LogP contribution in [0.4, 0.5) is 0 Å². The Labute approximate surface area is 90.2 Å². The molecule has 0 atom stereocenters. The fourth-order valence-corrected chi connectivity index (χ4v) is 1.68. The minimum Gasteiger partial charge on any atom is -0.460 e. The first-order valence-corrected chi connectivity index (χ1v) is 4.94. The summed E-state index contributed by atoms with van der Waals surface area (Å²) >= 11 is 17.4. The average Bonchev–Trinajstić information content (AvgIpc) is 2.55. The van der Waals surface area contributed by atoms with Crippen LogP contribution in [0.3, 0.4) is 0 Å². The lowest BCUT2D eigenvalue weighted by molar-refractivity contribution is 0.573. The Balaban J connectivity index is 2.76. The van der Waals surface area contributed by atoms with E-state index in [0.717, 1.165) is 5.39 Å². The highest BCUT2D eigenvalue weighted by molar-refractivity contribution is 6.45. The zero-order chi connectivity index (χ0) is 9.42. The molecule has 0 spiro atoms. The van der Waals surface area contributed by atoms with Gasteiger partial charge in [-0.2, -0.15) is 0 Å². The molecule has 0 unspecified atom stereocenters. The first kappa shape index (κ1) is 9.20. The topological polar surface area (TPSA) is 13.1 Å². The predicted molar refractivity (Wildman–Crippen MR) is 55.8 cm³/mol. The van der Waals surface area contributed by atoms with Crippen LogP contribution in [-0.2, 0) is 5.88 Å². The maximum atomic E-state index is 5.96. The van der Waals surface area contributed by atoms with Crippen molar-refractivity contribution in [1.82, 2.24) is 0 Å². The summed E-state index contributed by atoms with van der Waals surface area (Å²) in [5.74, 6) is 1.03. The standard InChI is InChI=1S/C9H5Cl3O/c10-4-5-3-6-8(13-5)2-1-7(11)9(6)12/h1-3H,4H2.